The fourth-order valence-electron chi connectivity index (χ4n) is 12.6. The number of anilines is 3. The number of likely N-dealkylation sites (tertiary alicyclic amines) is 3. The largest absolute Gasteiger partial charge is 0.481 e. The smallest absolute Gasteiger partial charge is 0.314 e. The molecule has 0 bridgehead atoms. The average Bonchev–Trinajstić information content (AvgIpc) is 4.32. The van der Waals surface area contributed by atoms with Crippen LogP contribution in [0.25, 0.3) is 0 Å². The van der Waals surface area contributed by atoms with E-state index in [4.69, 9.17) is 11.6 Å². The summed E-state index contributed by atoms with van der Waals surface area (Å²) in [5.74, 6) is 1.89. The number of benzene rings is 3. The number of piperidine rings is 3. The van der Waals surface area contributed by atoms with Crippen LogP contribution in [-0.2, 0) is 21.0 Å². The minimum Gasteiger partial charge on any atom is -0.481 e. The first-order chi connectivity index (χ1) is 40.5. The standard InChI is InChI=1S/C22H23ClN4O.C22H24N4O.C22H25N3O3.ClH/c23-19-15-27(13-10-22(19,16-24)18-6-2-1-3-7-18)20-9-8-17(14-25-20)21(28)26-11-4-5-12-26;23-17-22(19-6-2-1-3-7-19)10-14-25(15-11-22)20-9-8-18(16-24-20)21(27)26-12-4-5-13-26;26-20(25-12-4-5-13-25)17-8-9-19(23-16-17)24-14-10-22(11-15-24,21(27)28)18-6-2-1-3-7-18;/h1-3,6-9,14,19H,4-5,10-13,15H2;1-3,6-9,16H,4-5,10-15H2;1-3,6-9,16H,4-5,10-15H2,(H,27,28);1H. The molecule has 1 N–H and O–H groups in total. The number of amides is 3. The van der Waals surface area contributed by atoms with Gasteiger partial charge < -0.3 is 34.5 Å². The van der Waals surface area contributed by atoms with E-state index in [1.54, 1.807) is 18.6 Å². The molecule has 6 saturated heterocycles. The van der Waals surface area contributed by atoms with Crippen LogP contribution in [-0.4, -0.2) is 142 Å². The number of aromatic nitrogens is 3. The highest BCUT2D eigenvalue weighted by molar-refractivity contribution is 6.22. The van der Waals surface area contributed by atoms with Gasteiger partial charge in [0.15, 0.2) is 0 Å². The lowest BCUT2D eigenvalue weighted by atomic mass is 9.73. The Bertz CT molecular complexity index is 3240. The zero-order chi connectivity index (χ0) is 57.8. The second-order valence-corrected chi connectivity index (χ2v) is 23.1. The van der Waals surface area contributed by atoms with Crippen LogP contribution in [0.5, 0.6) is 0 Å². The second kappa shape index (κ2) is 27.6. The number of nitriles is 2. The Kier molecular flexibility index (Phi) is 19.9. The van der Waals surface area contributed by atoms with E-state index in [-0.39, 0.29) is 35.5 Å². The van der Waals surface area contributed by atoms with Crippen molar-refractivity contribution in [2.45, 2.75) is 92.3 Å². The van der Waals surface area contributed by atoms with Gasteiger partial charge in [0, 0.05) is 97.1 Å². The summed E-state index contributed by atoms with van der Waals surface area (Å²) in [4.78, 5) is 75.1. The summed E-state index contributed by atoms with van der Waals surface area (Å²) in [5, 5.41) is 29.3. The van der Waals surface area contributed by atoms with Gasteiger partial charge in [-0.1, -0.05) is 91.0 Å². The van der Waals surface area contributed by atoms with Gasteiger partial charge in [0.2, 0.25) is 0 Å². The maximum Gasteiger partial charge on any atom is 0.314 e. The van der Waals surface area contributed by atoms with Gasteiger partial charge in [-0.3, -0.25) is 19.2 Å². The van der Waals surface area contributed by atoms with Gasteiger partial charge in [-0.15, -0.1) is 24.0 Å². The molecule has 6 aliphatic heterocycles. The Morgan fingerprint density at radius 3 is 1.15 bits per heavy atom. The van der Waals surface area contributed by atoms with Crippen molar-refractivity contribution in [1.29, 1.82) is 10.5 Å². The molecule has 0 radical (unpaired) electrons. The molecular formula is C66H73Cl2N11O5. The lowest BCUT2D eigenvalue weighted by Crippen LogP contribution is -2.50. The average molecular weight is 1170 g/mol. The van der Waals surface area contributed by atoms with Gasteiger partial charge in [-0.2, -0.15) is 10.5 Å². The number of pyridine rings is 3. The summed E-state index contributed by atoms with van der Waals surface area (Å²) >= 11 is 6.73. The number of carbonyl (C=O) groups excluding carboxylic acids is 3. The number of rotatable bonds is 10. The molecule has 12 rings (SSSR count). The molecular weight excluding hydrogens is 1100 g/mol. The third-order valence-corrected chi connectivity index (χ3v) is 18.3. The summed E-state index contributed by atoms with van der Waals surface area (Å²) in [7, 11) is 0. The molecule has 84 heavy (non-hydrogen) atoms. The zero-order valence-corrected chi connectivity index (χ0v) is 49.1. The Balaban J connectivity index is 0.000000150. The van der Waals surface area contributed by atoms with Crippen LogP contribution in [0.2, 0.25) is 0 Å². The number of alkyl halides is 1. The van der Waals surface area contributed by atoms with Gasteiger partial charge >= 0.3 is 5.97 Å². The number of aliphatic carboxylic acids is 1. The predicted octanol–water partition coefficient (Wildman–Crippen LogP) is 10.3. The van der Waals surface area contributed by atoms with Crippen LogP contribution >= 0.6 is 24.0 Å². The van der Waals surface area contributed by atoms with Crippen molar-refractivity contribution in [2.75, 3.05) is 93.2 Å². The van der Waals surface area contributed by atoms with E-state index in [1.165, 1.54) is 0 Å². The molecule has 2 unspecified atom stereocenters. The molecule has 3 aromatic carbocycles. The third kappa shape index (κ3) is 13.2. The molecule has 9 heterocycles. The van der Waals surface area contributed by atoms with E-state index in [0.717, 1.165) is 138 Å². The summed E-state index contributed by atoms with van der Waals surface area (Å²) in [6.45, 7) is 9.05. The fourth-order valence-corrected chi connectivity index (χ4v) is 13.1. The summed E-state index contributed by atoms with van der Waals surface area (Å²) < 4.78 is 0. The number of nitrogens with zero attached hydrogens (tertiary/aromatic N) is 11. The monoisotopic (exact) mass is 1170 g/mol. The van der Waals surface area contributed by atoms with Crippen molar-refractivity contribution < 1.29 is 24.3 Å². The number of hydrogen-bond donors (Lipinski definition) is 1. The van der Waals surface area contributed by atoms with Crippen molar-refractivity contribution >= 4 is 65.2 Å². The van der Waals surface area contributed by atoms with Crippen molar-refractivity contribution in [2.24, 2.45) is 0 Å². The lowest BCUT2D eigenvalue weighted by molar-refractivity contribution is -0.144. The molecule has 6 aliphatic rings. The topological polar surface area (TPSA) is 194 Å². The maximum absolute atomic E-state index is 12.5. The maximum atomic E-state index is 12.5. The van der Waals surface area contributed by atoms with Gasteiger partial charge in [0.25, 0.3) is 17.7 Å². The number of hydrogen-bond acceptors (Lipinski definition) is 12. The van der Waals surface area contributed by atoms with E-state index in [2.05, 4.69) is 53.9 Å². The van der Waals surface area contributed by atoms with Crippen LogP contribution in [0, 0.1) is 22.7 Å². The van der Waals surface area contributed by atoms with E-state index >= 15 is 0 Å². The number of carbonyl (C=O) groups is 4. The molecule has 16 nitrogen and oxygen atoms in total. The first kappa shape index (κ1) is 60.5. The predicted molar refractivity (Wildman–Crippen MR) is 328 cm³/mol. The number of carboxylic acids is 1. The van der Waals surface area contributed by atoms with Crippen LogP contribution in [0.3, 0.4) is 0 Å². The molecule has 18 heteroatoms. The number of carboxylic acid groups (broad SMARTS) is 1. The van der Waals surface area contributed by atoms with Gasteiger partial charge in [0.05, 0.1) is 45.0 Å². The summed E-state index contributed by atoms with van der Waals surface area (Å²) in [5.41, 5.74) is 2.89. The fraction of sp³-hybridized carbons (Fsp3) is 0.409. The van der Waals surface area contributed by atoms with E-state index < -0.39 is 22.2 Å². The molecule has 3 amide bonds. The molecule has 6 fully saturated rings. The van der Waals surface area contributed by atoms with Gasteiger partial charge in [-0.05, 0) is 124 Å². The van der Waals surface area contributed by atoms with Crippen molar-refractivity contribution in [3.8, 4) is 12.1 Å². The highest BCUT2D eigenvalue weighted by Gasteiger charge is 2.45. The van der Waals surface area contributed by atoms with Crippen LogP contribution < -0.4 is 14.7 Å². The SMILES string of the molecule is Cl.N#CC1(c2ccccc2)CCN(c2ccc(C(=O)N3CCCC3)cn2)CC1.N#CC1(c2ccccc2)CCN(c2ccc(C(=O)N3CCCC3)cn2)CC1Cl.O=C(c1ccc(N2CCC(C(=O)O)(c3ccccc3)CC2)nc1)N1CCCC1. The minimum atomic E-state index is -0.844. The second-order valence-electron chi connectivity index (χ2n) is 22.6. The molecule has 436 valence electrons. The molecule has 0 aliphatic carbocycles. The first-order valence-corrected chi connectivity index (χ1v) is 29.8. The highest BCUT2D eigenvalue weighted by Crippen LogP contribution is 2.41. The Hall–Kier alpha value is -8.05. The van der Waals surface area contributed by atoms with Crippen LogP contribution in [0.15, 0.2) is 146 Å². The van der Waals surface area contributed by atoms with Gasteiger partial charge in [0.1, 0.15) is 22.9 Å². The van der Waals surface area contributed by atoms with E-state index in [1.807, 2.05) is 130 Å². The summed E-state index contributed by atoms with van der Waals surface area (Å²) in [6, 6.07) is 45.7. The Labute approximate surface area is 504 Å². The van der Waals surface area contributed by atoms with Crippen LogP contribution in [0.1, 0.15) is 118 Å². The highest BCUT2D eigenvalue weighted by atomic mass is 35.5. The van der Waals surface area contributed by atoms with Crippen molar-refractivity contribution in [3.63, 3.8) is 0 Å². The molecule has 2 atom stereocenters. The quantitative estimate of drug-likeness (QED) is 0.127. The van der Waals surface area contributed by atoms with Gasteiger partial charge in [-0.25, -0.2) is 15.0 Å². The van der Waals surface area contributed by atoms with Crippen LogP contribution in [0.4, 0.5) is 17.5 Å². The summed E-state index contributed by atoms with van der Waals surface area (Å²) in [6.07, 6.45) is 14.7. The zero-order valence-electron chi connectivity index (χ0n) is 47.5. The van der Waals surface area contributed by atoms with E-state index in [9.17, 15) is 34.8 Å². The minimum absolute atomic E-state index is 0. The molecule has 0 spiro atoms. The molecule has 0 saturated carbocycles. The molecule has 6 aromatic rings. The van der Waals surface area contributed by atoms with E-state index in [0.29, 0.717) is 62.1 Å². The number of halogens is 2. The van der Waals surface area contributed by atoms with Crippen molar-refractivity contribution in [1.82, 2.24) is 29.7 Å². The lowest BCUT2D eigenvalue weighted by Gasteiger charge is -2.41. The molecule has 3 aromatic heterocycles. The van der Waals surface area contributed by atoms with Crippen molar-refractivity contribution in [3.05, 3.63) is 179 Å². The Morgan fingerprint density at radius 1 is 0.452 bits per heavy atom. The first-order valence-electron chi connectivity index (χ1n) is 29.3. The normalized spacial score (nSPS) is 20.6. The Morgan fingerprint density at radius 2 is 0.810 bits per heavy atom. The third-order valence-electron chi connectivity index (χ3n) is 17.8.